The van der Waals surface area contributed by atoms with E-state index in [4.69, 9.17) is 9.15 Å². The number of halogens is 1. The van der Waals surface area contributed by atoms with Crippen molar-refractivity contribution >= 4 is 36.0 Å². The Morgan fingerprint density at radius 3 is 2.88 bits per heavy atom. The number of hydrogen-bond acceptors (Lipinski definition) is 4. The summed E-state index contributed by atoms with van der Waals surface area (Å²) in [4.78, 5) is 17.8. The molecular formula is C17H27IN4O3. The number of hydrogen-bond donors (Lipinski definition) is 2. The predicted octanol–water partition coefficient (Wildman–Crippen LogP) is 2.39. The fraction of sp³-hybridized carbons (Fsp3) is 0.529. The number of guanidine groups is 1. The topological polar surface area (TPSA) is 79.1 Å². The number of amides is 1. The fourth-order valence-electron chi connectivity index (χ4n) is 2.58. The highest BCUT2D eigenvalue weighted by atomic mass is 127. The van der Waals surface area contributed by atoms with Gasteiger partial charge in [0, 0.05) is 38.6 Å². The maximum absolute atomic E-state index is 11.5. The van der Waals surface area contributed by atoms with Crippen molar-refractivity contribution < 1.29 is 13.9 Å². The van der Waals surface area contributed by atoms with Crippen molar-refractivity contribution in [1.82, 2.24) is 15.5 Å². The first-order valence-corrected chi connectivity index (χ1v) is 8.24. The Labute approximate surface area is 165 Å². The van der Waals surface area contributed by atoms with E-state index < -0.39 is 0 Å². The maximum Gasteiger partial charge on any atom is 0.409 e. The van der Waals surface area contributed by atoms with Crippen molar-refractivity contribution in [1.29, 1.82) is 0 Å². The molecule has 0 atom stereocenters. The first-order valence-electron chi connectivity index (χ1n) is 8.24. The zero-order chi connectivity index (χ0) is 17.2. The van der Waals surface area contributed by atoms with Gasteiger partial charge in [0.1, 0.15) is 5.76 Å². The van der Waals surface area contributed by atoms with Crippen LogP contribution in [0.5, 0.6) is 0 Å². The summed E-state index contributed by atoms with van der Waals surface area (Å²) in [6, 6.07) is 4.11. The third-order valence-corrected chi connectivity index (χ3v) is 3.89. The molecule has 0 radical (unpaired) electrons. The Morgan fingerprint density at radius 1 is 1.52 bits per heavy atom. The molecule has 0 unspecified atom stereocenters. The molecule has 0 aromatic carbocycles. The van der Waals surface area contributed by atoms with Crippen LogP contribution in [0.2, 0.25) is 0 Å². The molecule has 140 valence electrons. The van der Waals surface area contributed by atoms with E-state index in [-0.39, 0.29) is 36.1 Å². The van der Waals surface area contributed by atoms with Crippen molar-refractivity contribution in [2.24, 2.45) is 4.99 Å². The number of rotatable bonds is 6. The fourth-order valence-corrected chi connectivity index (χ4v) is 2.58. The van der Waals surface area contributed by atoms with E-state index >= 15 is 0 Å². The minimum atomic E-state index is -0.259. The van der Waals surface area contributed by atoms with Gasteiger partial charge in [-0.05, 0) is 25.0 Å². The number of aliphatic imine (C=N–C) groups is 1. The second-order valence-electron chi connectivity index (χ2n) is 5.60. The van der Waals surface area contributed by atoms with E-state index in [0.29, 0.717) is 26.2 Å². The standard InChI is InChI=1S/C17H26N4O3.HI/c1-3-9-18-16(19-10-6-15-5-4-13-24-15)20-14-7-11-21(12-8-14)17(22)23-2;/h3-5,13-14H,1,6-12H2,2H3,(H2,18,19,20);1H. The molecule has 1 aromatic heterocycles. The quantitative estimate of drug-likeness (QED) is 0.294. The van der Waals surface area contributed by atoms with E-state index in [9.17, 15) is 4.79 Å². The SMILES string of the molecule is C=CCNC(=NCCc1ccco1)NC1CCN(C(=O)OC)CC1.I. The highest BCUT2D eigenvalue weighted by Gasteiger charge is 2.23. The van der Waals surface area contributed by atoms with Crippen LogP contribution in [-0.4, -0.2) is 56.3 Å². The highest BCUT2D eigenvalue weighted by Crippen LogP contribution is 2.11. The Bertz CT molecular complexity index is 540. The molecule has 1 aliphatic rings. The van der Waals surface area contributed by atoms with Gasteiger partial charge in [-0.3, -0.25) is 4.99 Å². The molecule has 2 N–H and O–H groups in total. The number of methoxy groups -OCH3 is 1. The second-order valence-corrected chi connectivity index (χ2v) is 5.60. The molecule has 0 aliphatic carbocycles. The summed E-state index contributed by atoms with van der Waals surface area (Å²) < 4.78 is 10.1. The molecule has 0 saturated carbocycles. The third kappa shape index (κ3) is 7.37. The van der Waals surface area contributed by atoms with Gasteiger partial charge in [-0.15, -0.1) is 30.6 Å². The molecule has 1 fully saturated rings. The van der Waals surface area contributed by atoms with Crippen molar-refractivity contribution in [3.63, 3.8) is 0 Å². The van der Waals surface area contributed by atoms with Crippen molar-refractivity contribution in [3.05, 3.63) is 36.8 Å². The number of nitrogens with zero attached hydrogens (tertiary/aromatic N) is 2. The van der Waals surface area contributed by atoms with Crippen LogP contribution in [0.15, 0.2) is 40.5 Å². The van der Waals surface area contributed by atoms with Crippen molar-refractivity contribution in [2.75, 3.05) is 33.3 Å². The zero-order valence-electron chi connectivity index (χ0n) is 14.6. The molecule has 2 rings (SSSR count). The van der Waals surface area contributed by atoms with Gasteiger partial charge in [0.05, 0.1) is 13.4 Å². The Kier molecular flexibility index (Phi) is 10.0. The average Bonchev–Trinajstić information content (AvgIpc) is 3.13. The van der Waals surface area contributed by atoms with Crippen LogP contribution in [0.25, 0.3) is 0 Å². The lowest BCUT2D eigenvalue weighted by atomic mass is 10.1. The van der Waals surface area contributed by atoms with E-state index in [0.717, 1.165) is 31.0 Å². The predicted molar refractivity (Wildman–Crippen MR) is 108 cm³/mol. The molecule has 25 heavy (non-hydrogen) atoms. The minimum Gasteiger partial charge on any atom is -0.469 e. The molecule has 1 aliphatic heterocycles. The molecule has 2 heterocycles. The lowest BCUT2D eigenvalue weighted by Crippen LogP contribution is -2.49. The Balaban J connectivity index is 0.00000312. The molecule has 1 aromatic rings. The summed E-state index contributed by atoms with van der Waals surface area (Å²) in [5, 5.41) is 6.66. The van der Waals surface area contributed by atoms with E-state index in [1.54, 1.807) is 17.2 Å². The van der Waals surface area contributed by atoms with Crippen LogP contribution in [0.4, 0.5) is 4.79 Å². The van der Waals surface area contributed by atoms with E-state index in [1.807, 2.05) is 12.1 Å². The van der Waals surface area contributed by atoms with Gasteiger partial charge in [-0.25, -0.2) is 4.79 Å². The molecule has 0 spiro atoms. The molecule has 7 nitrogen and oxygen atoms in total. The van der Waals surface area contributed by atoms with Crippen LogP contribution in [0.1, 0.15) is 18.6 Å². The number of piperidine rings is 1. The summed E-state index contributed by atoms with van der Waals surface area (Å²) in [6.45, 7) is 6.38. The van der Waals surface area contributed by atoms with Crippen molar-refractivity contribution in [3.8, 4) is 0 Å². The van der Waals surface area contributed by atoms with Crippen LogP contribution in [0.3, 0.4) is 0 Å². The van der Waals surface area contributed by atoms with Crippen LogP contribution >= 0.6 is 24.0 Å². The van der Waals surface area contributed by atoms with Crippen molar-refractivity contribution in [2.45, 2.75) is 25.3 Å². The number of likely N-dealkylation sites (tertiary alicyclic amines) is 1. The number of nitrogens with one attached hydrogen (secondary N) is 2. The van der Waals surface area contributed by atoms with Gasteiger partial charge in [-0.2, -0.15) is 0 Å². The molecule has 0 bridgehead atoms. The number of ether oxygens (including phenoxy) is 1. The molecule has 1 amide bonds. The number of carbonyl (C=O) groups is 1. The van der Waals surface area contributed by atoms with Crippen LogP contribution in [-0.2, 0) is 11.2 Å². The zero-order valence-corrected chi connectivity index (χ0v) is 16.9. The highest BCUT2D eigenvalue weighted by molar-refractivity contribution is 14.0. The average molecular weight is 462 g/mol. The van der Waals surface area contributed by atoms with Gasteiger partial charge in [-0.1, -0.05) is 6.08 Å². The van der Waals surface area contributed by atoms with Gasteiger partial charge in [0.25, 0.3) is 0 Å². The lowest BCUT2D eigenvalue weighted by molar-refractivity contribution is 0.111. The van der Waals surface area contributed by atoms with Crippen LogP contribution in [0, 0.1) is 0 Å². The lowest BCUT2D eigenvalue weighted by Gasteiger charge is -2.32. The number of carbonyl (C=O) groups excluding carboxylic acids is 1. The summed E-state index contributed by atoms with van der Waals surface area (Å²) in [7, 11) is 1.41. The van der Waals surface area contributed by atoms with E-state index in [2.05, 4.69) is 22.2 Å². The first kappa shape index (κ1) is 21.3. The molecular weight excluding hydrogens is 435 g/mol. The summed E-state index contributed by atoms with van der Waals surface area (Å²) >= 11 is 0. The molecule has 8 heteroatoms. The monoisotopic (exact) mass is 462 g/mol. The smallest absolute Gasteiger partial charge is 0.409 e. The van der Waals surface area contributed by atoms with E-state index in [1.165, 1.54) is 7.11 Å². The third-order valence-electron chi connectivity index (χ3n) is 3.89. The number of furan rings is 1. The Hall–Kier alpha value is -1.71. The molecule has 1 saturated heterocycles. The summed E-state index contributed by atoms with van der Waals surface area (Å²) in [5.41, 5.74) is 0. The van der Waals surface area contributed by atoms with Gasteiger partial charge >= 0.3 is 6.09 Å². The second kappa shape index (κ2) is 11.8. The summed E-state index contributed by atoms with van der Waals surface area (Å²) in [5.74, 6) is 1.69. The van der Waals surface area contributed by atoms with Gasteiger partial charge < -0.3 is 24.7 Å². The van der Waals surface area contributed by atoms with Gasteiger partial charge in [0.15, 0.2) is 5.96 Å². The normalized spacial score (nSPS) is 15.2. The maximum atomic E-state index is 11.5. The minimum absolute atomic E-state index is 0. The van der Waals surface area contributed by atoms with Crippen LogP contribution < -0.4 is 10.6 Å². The van der Waals surface area contributed by atoms with Gasteiger partial charge in [0.2, 0.25) is 0 Å². The Morgan fingerprint density at radius 2 is 2.28 bits per heavy atom. The first-order chi connectivity index (χ1) is 11.7. The summed E-state index contributed by atoms with van der Waals surface area (Å²) in [6.07, 6.45) is 5.69. The largest absolute Gasteiger partial charge is 0.469 e.